The summed E-state index contributed by atoms with van der Waals surface area (Å²) < 4.78 is 0. The Balaban J connectivity index is 1.91. The number of pyridine rings is 1. The summed E-state index contributed by atoms with van der Waals surface area (Å²) in [6.45, 7) is 4.40. The zero-order valence-electron chi connectivity index (χ0n) is 17.4. The minimum atomic E-state index is -0.903. The van der Waals surface area contributed by atoms with Crippen molar-refractivity contribution < 1.29 is 5.11 Å². The smallest absolute Gasteiger partial charge is 0.114 e. The number of hydrogen-bond acceptors (Lipinski definition) is 2. The molecule has 5 rings (SSSR count). The third-order valence-electron chi connectivity index (χ3n) is 6.54. The van der Waals surface area contributed by atoms with Crippen molar-refractivity contribution in [2.24, 2.45) is 5.92 Å². The molecule has 0 aliphatic heterocycles. The summed E-state index contributed by atoms with van der Waals surface area (Å²) in [6.07, 6.45) is 6.19. The standard InChI is InChI=1S/C27H29NO/c1-3-10-21-23(18-15-16-18)24-20-13-8-9-14-22(20)28-26(19-11-6-5-7-12-19)25(24)27(21,29)17-4-2/h5-9,11-14,18,29H,3-4,10,15-17H2,1-2H3. The Kier molecular flexibility index (Phi) is 4.55. The Bertz CT molecular complexity index is 1090. The first-order valence-electron chi connectivity index (χ1n) is 11.1. The number of hydrogen-bond donors (Lipinski definition) is 1. The molecule has 0 amide bonds. The molecule has 148 valence electrons. The monoisotopic (exact) mass is 383 g/mol. The van der Waals surface area contributed by atoms with Crippen LogP contribution < -0.4 is 0 Å². The molecule has 3 aromatic rings. The number of para-hydroxylation sites is 1. The predicted molar refractivity (Wildman–Crippen MR) is 121 cm³/mol. The number of aliphatic hydroxyl groups is 1. The number of fused-ring (bicyclic) bond motifs is 3. The molecule has 1 saturated carbocycles. The van der Waals surface area contributed by atoms with E-state index in [9.17, 15) is 5.11 Å². The second-order valence-corrected chi connectivity index (χ2v) is 8.62. The third kappa shape index (κ3) is 2.85. The zero-order valence-corrected chi connectivity index (χ0v) is 17.4. The first-order chi connectivity index (χ1) is 14.2. The van der Waals surface area contributed by atoms with E-state index in [0.717, 1.165) is 48.0 Å². The van der Waals surface area contributed by atoms with Gasteiger partial charge in [0.05, 0.1) is 11.2 Å². The number of rotatable bonds is 6. The van der Waals surface area contributed by atoms with Gasteiger partial charge in [-0.2, -0.15) is 0 Å². The number of nitrogens with zero attached hydrogens (tertiary/aromatic N) is 1. The zero-order chi connectivity index (χ0) is 20.0. The highest BCUT2D eigenvalue weighted by Crippen LogP contribution is 2.59. The van der Waals surface area contributed by atoms with Gasteiger partial charge in [0.2, 0.25) is 0 Å². The average Bonchev–Trinajstić information content (AvgIpc) is 3.55. The lowest BCUT2D eigenvalue weighted by Gasteiger charge is -2.30. The van der Waals surface area contributed by atoms with Gasteiger partial charge in [0.15, 0.2) is 0 Å². The molecule has 2 heteroatoms. The number of allylic oxidation sites excluding steroid dienone is 1. The topological polar surface area (TPSA) is 33.1 Å². The highest BCUT2D eigenvalue weighted by molar-refractivity contribution is 6.01. The van der Waals surface area contributed by atoms with Gasteiger partial charge in [-0.3, -0.25) is 0 Å². The Hall–Kier alpha value is -2.45. The van der Waals surface area contributed by atoms with Crippen LogP contribution in [0.5, 0.6) is 0 Å². The highest BCUT2D eigenvalue weighted by Gasteiger charge is 2.48. The molecule has 0 radical (unpaired) electrons. The summed E-state index contributed by atoms with van der Waals surface area (Å²) in [5.74, 6) is 0.593. The highest BCUT2D eigenvalue weighted by atomic mass is 16.3. The van der Waals surface area contributed by atoms with Crippen molar-refractivity contribution in [2.75, 3.05) is 0 Å². The van der Waals surface area contributed by atoms with Crippen LogP contribution in [-0.4, -0.2) is 10.1 Å². The molecule has 1 unspecified atom stereocenters. The second kappa shape index (κ2) is 7.11. The van der Waals surface area contributed by atoms with Crippen molar-refractivity contribution in [3.63, 3.8) is 0 Å². The lowest BCUT2D eigenvalue weighted by molar-refractivity contribution is 0.0661. The van der Waals surface area contributed by atoms with Gasteiger partial charge in [-0.05, 0) is 54.4 Å². The van der Waals surface area contributed by atoms with Gasteiger partial charge in [-0.1, -0.05) is 75.2 Å². The van der Waals surface area contributed by atoms with Crippen LogP contribution in [0.4, 0.5) is 0 Å². The maximum absolute atomic E-state index is 12.3. The normalized spacial score (nSPS) is 21.1. The summed E-state index contributed by atoms with van der Waals surface area (Å²) in [4.78, 5) is 5.12. The van der Waals surface area contributed by atoms with Crippen LogP contribution in [0, 0.1) is 5.92 Å². The van der Waals surface area contributed by atoms with Gasteiger partial charge in [0.1, 0.15) is 5.60 Å². The van der Waals surface area contributed by atoms with Crippen LogP contribution >= 0.6 is 0 Å². The largest absolute Gasteiger partial charge is 0.381 e. The van der Waals surface area contributed by atoms with Gasteiger partial charge < -0.3 is 5.11 Å². The van der Waals surface area contributed by atoms with E-state index in [0.29, 0.717) is 5.92 Å². The van der Waals surface area contributed by atoms with Crippen molar-refractivity contribution in [1.82, 2.24) is 4.98 Å². The fraction of sp³-hybridized carbons (Fsp3) is 0.370. The predicted octanol–water partition coefficient (Wildman–Crippen LogP) is 6.87. The van der Waals surface area contributed by atoms with E-state index in [2.05, 4.69) is 62.4 Å². The van der Waals surface area contributed by atoms with E-state index >= 15 is 0 Å². The molecule has 1 aromatic heterocycles. The first kappa shape index (κ1) is 18.6. The van der Waals surface area contributed by atoms with Gasteiger partial charge in [-0.15, -0.1) is 0 Å². The summed E-state index contributed by atoms with van der Waals surface area (Å²) in [5.41, 5.74) is 7.24. The van der Waals surface area contributed by atoms with E-state index < -0.39 is 5.60 Å². The molecule has 0 spiro atoms. The quantitative estimate of drug-likeness (QED) is 0.504. The van der Waals surface area contributed by atoms with Gasteiger partial charge in [-0.25, -0.2) is 4.98 Å². The van der Waals surface area contributed by atoms with E-state index in [1.54, 1.807) is 0 Å². The molecular weight excluding hydrogens is 354 g/mol. The van der Waals surface area contributed by atoms with Crippen LogP contribution in [-0.2, 0) is 5.60 Å². The van der Waals surface area contributed by atoms with Crippen molar-refractivity contribution in [3.05, 3.63) is 71.3 Å². The molecule has 0 bridgehead atoms. The first-order valence-corrected chi connectivity index (χ1v) is 11.1. The van der Waals surface area contributed by atoms with Crippen molar-refractivity contribution in [3.8, 4) is 11.3 Å². The third-order valence-corrected chi connectivity index (χ3v) is 6.54. The van der Waals surface area contributed by atoms with Gasteiger partial charge in [0, 0.05) is 16.5 Å². The Labute approximate surface area is 173 Å². The molecule has 1 N–H and O–H groups in total. The lowest BCUT2D eigenvalue weighted by Crippen LogP contribution is -2.27. The second-order valence-electron chi connectivity index (χ2n) is 8.62. The summed E-state index contributed by atoms with van der Waals surface area (Å²) >= 11 is 0. The fourth-order valence-corrected chi connectivity index (χ4v) is 5.28. The summed E-state index contributed by atoms with van der Waals surface area (Å²) in [7, 11) is 0. The van der Waals surface area contributed by atoms with E-state index in [1.807, 2.05) is 6.07 Å². The number of aromatic nitrogens is 1. The Morgan fingerprint density at radius 1 is 0.966 bits per heavy atom. The van der Waals surface area contributed by atoms with Crippen LogP contribution in [0.25, 0.3) is 27.7 Å². The SMILES string of the molecule is CCCC1=C(C2CC2)c2c(c(-c3ccccc3)nc3ccccc23)C1(O)CCC. The molecule has 2 aromatic carbocycles. The van der Waals surface area contributed by atoms with E-state index in [1.165, 1.54) is 34.9 Å². The van der Waals surface area contributed by atoms with Crippen molar-refractivity contribution in [1.29, 1.82) is 0 Å². The van der Waals surface area contributed by atoms with E-state index in [-0.39, 0.29) is 0 Å². The molecule has 1 fully saturated rings. The lowest BCUT2D eigenvalue weighted by atomic mass is 9.81. The van der Waals surface area contributed by atoms with Crippen LogP contribution in [0.2, 0.25) is 0 Å². The molecular formula is C27H29NO. The molecule has 1 atom stereocenters. The van der Waals surface area contributed by atoms with Gasteiger partial charge >= 0.3 is 0 Å². The van der Waals surface area contributed by atoms with Gasteiger partial charge in [0.25, 0.3) is 0 Å². The van der Waals surface area contributed by atoms with Crippen molar-refractivity contribution >= 4 is 16.5 Å². The molecule has 2 aliphatic carbocycles. The minimum Gasteiger partial charge on any atom is -0.381 e. The summed E-state index contributed by atoms with van der Waals surface area (Å²) in [5, 5.41) is 13.5. The average molecular weight is 384 g/mol. The van der Waals surface area contributed by atoms with Crippen molar-refractivity contribution in [2.45, 2.75) is 58.0 Å². The Morgan fingerprint density at radius 2 is 1.69 bits per heavy atom. The fourth-order valence-electron chi connectivity index (χ4n) is 5.28. The Morgan fingerprint density at radius 3 is 2.38 bits per heavy atom. The molecule has 29 heavy (non-hydrogen) atoms. The molecule has 0 saturated heterocycles. The minimum absolute atomic E-state index is 0.593. The molecule has 2 nitrogen and oxygen atoms in total. The summed E-state index contributed by atoms with van der Waals surface area (Å²) in [6, 6.07) is 18.9. The molecule has 2 aliphatic rings. The van der Waals surface area contributed by atoms with Crippen LogP contribution in [0.15, 0.2) is 60.2 Å². The molecule has 1 heterocycles. The van der Waals surface area contributed by atoms with E-state index in [4.69, 9.17) is 4.98 Å². The van der Waals surface area contributed by atoms with Crippen LogP contribution in [0.3, 0.4) is 0 Å². The maximum atomic E-state index is 12.3. The maximum Gasteiger partial charge on any atom is 0.114 e. The number of benzene rings is 2. The van der Waals surface area contributed by atoms with Crippen LogP contribution in [0.1, 0.15) is 63.5 Å².